The van der Waals surface area contributed by atoms with Gasteiger partial charge in [-0.05, 0) is 52.4 Å². The molecule has 1 amide bonds. The Bertz CT molecular complexity index is 975. The largest absolute Gasteiger partial charge is 0.333 e. The van der Waals surface area contributed by atoms with E-state index < -0.39 is 0 Å². The molecule has 8 heteroatoms. The van der Waals surface area contributed by atoms with Crippen LogP contribution < -0.4 is 5.32 Å². The molecule has 0 saturated heterocycles. The second-order valence-corrected chi connectivity index (χ2v) is 5.69. The third-order valence-electron chi connectivity index (χ3n) is 3.88. The van der Waals surface area contributed by atoms with Crippen molar-refractivity contribution in [1.82, 2.24) is 29.8 Å². The molecule has 0 saturated carbocycles. The molecule has 0 spiro atoms. The van der Waals surface area contributed by atoms with Gasteiger partial charge in [-0.2, -0.15) is 0 Å². The predicted octanol–water partition coefficient (Wildman–Crippen LogP) is 2.16. The van der Waals surface area contributed by atoms with Gasteiger partial charge in [0.15, 0.2) is 0 Å². The number of imidazole rings is 1. The van der Waals surface area contributed by atoms with Gasteiger partial charge in [0.25, 0.3) is 5.91 Å². The second-order valence-electron chi connectivity index (χ2n) is 5.69. The lowest BCUT2D eigenvalue weighted by molar-refractivity contribution is 0.102. The molecule has 4 rings (SSSR count). The monoisotopic (exact) mass is 345 g/mol. The van der Waals surface area contributed by atoms with Crippen molar-refractivity contribution in [3.05, 3.63) is 84.7 Å². The summed E-state index contributed by atoms with van der Waals surface area (Å²) < 4.78 is 3.52. The third kappa shape index (κ3) is 3.48. The van der Waals surface area contributed by atoms with E-state index in [1.54, 1.807) is 17.2 Å². The first-order chi connectivity index (χ1) is 12.8. The van der Waals surface area contributed by atoms with E-state index >= 15 is 0 Å². The fourth-order valence-corrected chi connectivity index (χ4v) is 2.53. The summed E-state index contributed by atoms with van der Waals surface area (Å²) in [7, 11) is 0. The summed E-state index contributed by atoms with van der Waals surface area (Å²) in [4.78, 5) is 16.4. The lowest BCUT2D eigenvalue weighted by Crippen LogP contribution is -2.12. The van der Waals surface area contributed by atoms with Gasteiger partial charge in [-0.15, -0.1) is 5.10 Å². The van der Waals surface area contributed by atoms with Crippen molar-refractivity contribution in [2.75, 3.05) is 5.32 Å². The van der Waals surface area contributed by atoms with Crippen LogP contribution in [0.25, 0.3) is 5.69 Å². The standard InChI is InChI=1S/C18H15N7O/c26-18(15-3-1-14(2-4-15)11-24-10-9-19-12-24)21-16-5-7-17(8-6-16)25-13-20-22-23-25/h1-10,12-13H,11H2,(H,21,26). The summed E-state index contributed by atoms with van der Waals surface area (Å²) in [5.41, 5.74) is 3.22. The number of aromatic nitrogens is 6. The van der Waals surface area contributed by atoms with Gasteiger partial charge in [0.2, 0.25) is 0 Å². The van der Waals surface area contributed by atoms with Crippen molar-refractivity contribution in [2.45, 2.75) is 6.54 Å². The molecule has 0 aliphatic rings. The first-order valence-corrected chi connectivity index (χ1v) is 7.97. The lowest BCUT2D eigenvalue weighted by Gasteiger charge is -2.08. The van der Waals surface area contributed by atoms with E-state index in [2.05, 4.69) is 25.8 Å². The van der Waals surface area contributed by atoms with Crippen molar-refractivity contribution in [1.29, 1.82) is 0 Å². The number of nitrogens with one attached hydrogen (secondary N) is 1. The summed E-state index contributed by atoms with van der Waals surface area (Å²) in [6.45, 7) is 0.723. The molecule has 0 unspecified atom stereocenters. The van der Waals surface area contributed by atoms with E-state index in [0.717, 1.165) is 17.8 Å². The zero-order valence-electron chi connectivity index (χ0n) is 13.7. The van der Waals surface area contributed by atoms with Crippen molar-refractivity contribution in [3.8, 4) is 5.69 Å². The molecule has 8 nitrogen and oxygen atoms in total. The highest BCUT2D eigenvalue weighted by Gasteiger charge is 2.07. The van der Waals surface area contributed by atoms with Gasteiger partial charge in [0.1, 0.15) is 6.33 Å². The van der Waals surface area contributed by atoms with Crippen LogP contribution in [0.15, 0.2) is 73.6 Å². The molecule has 0 bridgehead atoms. The van der Waals surface area contributed by atoms with E-state index in [0.29, 0.717) is 11.3 Å². The van der Waals surface area contributed by atoms with Crippen LogP contribution >= 0.6 is 0 Å². The molecule has 4 aromatic rings. The number of carbonyl (C=O) groups is 1. The molecule has 128 valence electrons. The highest BCUT2D eigenvalue weighted by molar-refractivity contribution is 6.04. The quantitative estimate of drug-likeness (QED) is 0.598. The number of carbonyl (C=O) groups excluding carboxylic acids is 1. The summed E-state index contributed by atoms with van der Waals surface area (Å²) in [6.07, 6.45) is 6.92. The molecular weight excluding hydrogens is 330 g/mol. The maximum atomic E-state index is 12.4. The van der Waals surface area contributed by atoms with E-state index in [-0.39, 0.29) is 5.91 Å². The molecule has 0 aliphatic carbocycles. The summed E-state index contributed by atoms with van der Waals surface area (Å²) in [6, 6.07) is 14.8. The Morgan fingerprint density at radius 1 is 1.00 bits per heavy atom. The third-order valence-corrected chi connectivity index (χ3v) is 3.88. The first-order valence-electron chi connectivity index (χ1n) is 7.97. The number of amides is 1. The van der Waals surface area contributed by atoms with Crippen molar-refractivity contribution in [2.24, 2.45) is 0 Å². The topological polar surface area (TPSA) is 90.5 Å². The maximum Gasteiger partial charge on any atom is 0.255 e. The van der Waals surface area contributed by atoms with E-state index in [1.165, 1.54) is 6.33 Å². The Balaban J connectivity index is 1.41. The molecular formula is C18H15N7O. The Hall–Kier alpha value is -3.81. The Labute approximate surface area is 149 Å². The zero-order valence-corrected chi connectivity index (χ0v) is 13.7. The number of benzene rings is 2. The van der Waals surface area contributed by atoms with Gasteiger partial charge < -0.3 is 9.88 Å². The molecule has 0 atom stereocenters. The number of hydrogen-bond donors (Lipinski definition) is 1. The molecule has 0 radical (unpaired) electrons. The van der Waals surface area contributed by atoms with Crippen molar-refractivity contribution >= 4 is 11.6 Å². The highest BCUT2D eigenvalue weighted by Crippen LogP contribution is 2.14. The number of nitrogens with zero attached hydrogens (tertiary/aromatic N) is 6. The highest BCUT2D eigenvalue weighted by atomic mass is 16.1. The zero-order chi connectivity index (χ0) is 17.8. The maximum absolute atomic E-state index is 12.4. The normalized spacial score (nSPS) is 10.6. The molecule has 0 aliphatic heterocycles. The Kier molecular flexibility index (Phi) is 4.21. The second kappa shape index (κ2) is 6.98. The molecule has 2 aromatic heterocycles. The van der Waals surface area contributed by atoms with Crippen LogP contribution in [0.2, 0.25) is 0 Å². The number of anilines is 1. The van der Waals surface area contributed by atoms with Crippen molar-refractivity contribution in [3.63, 3.8) is 0 Å². The van der Waals surface area contributed by atoms with Crippen LogP contribution in [0, 0.1) is 0 Å². The number of hydrogen-bond acceptors (Lipinski definition) is 5. The molecule has 2 heterocycles. The van der Waals surface area contributed by atoms with Crippen LogP contribution in [-0.4, -0.2) is 35.7 Å². The average molecular weight is 345 g/mol. The van der Waals surface area contributed by atoms with Crippen LogP contribution in [-0.2, 0) is 6.54 Å². The van der Waals surface area contributed by atoms with Gasteiger partial charge >= 0.3 is 0 Å². The summed E-state index contributed by atoms with van der Waals surface area (Å²) in [5.74, 6) is -0.158. The average Bonchev–Trinajstić information content (AvgIpc) is 3.37. The molecule has 2 aromatic carbocycles. The van der Waals surface area contributed by atoms with Gasteiger partial charge in [-0.25, -0.2) is 9.67 Å². The van der Waals surface area contributed by atoms with Gasteiger partial charge in [-0.3, -0.25) is 4.79 Å². The minimum absolute atomic E-state index is 0.158. The fourth-order valence-electron chi connectivity index (χ4n) is 2.53. The minimum Gasteiger partial charge on any atom is -0.333 e. The van der Waals surface area contributed by atoms with Gasteiger partial charge in [0, 0.05) is 30.2 Å². The molecule has 1 N–H and O–H groups in total. The van der Waals surface area contributed by atoms with Crippen LogP contribution in [0.1, 0.15) is 15.9 Å². The number of tetrazole rings is 1. The SMILES string of the molecule is O=C(Nc1ccc(-n2cnnn2)cc1)c1ccc(Cn2ccnc2)cc1. The fraction of sp³-hybridized carbons (Fsp3) is 0.0556. The molecule has 26 heavy (non-hydrogen) atoms. The van der Waals surface area contributed by atoms with E-state index in [4.69, 9.17) is 0 Å². The molecule has 0 fully saturated rings. The minimum atomic E-state index is -0.158. The van der Waals surface area contributed by atoms with Crippen molar-refractivity contribution < 1.29 is 4.79 Å². The first kappa shape index (κ1) is 15.7. The summed E-state index contributed by atoms with van der Waals surface area (Å²) in [5, 5.41) is 13.9. The van der Waals surface area contributed by atoms with Crippen LogP contribution in [0.3, 0.4) is 0 Å². The predicted molar refractivity (Wildman–Crippen MR) is 94.9 cm³/mol. The van der Waals surface area contributed by atoms with Gasteiger partial charge in [-0.1, -0.05) is 12.1 Å². The van der Waals surface area contributed by atoms with Gasteiger partial charge in [0.05, 0.1) is 12.0 Å². The van der Waals surface area contributed by atoms with Crippen LogP contribution in [0.4, 0.5) is 5.69 Å². The Morgan fingerprint density at radius 3 is 2.46 bits per heavy atom. The van der Waals surface area contributed by atoms with Crippen LogP contribution in [0.5, 0.6) is 0 Å². The van der Waals surface area contributed by atoms with E-state index in [1.807, 2.05) is 59.3 Å². The smallest absolute Gasteiger partial charge is 0.255 e. The Morgan fingerprint density at radius 2 is 1.81 bits per heavy atom. The number of rotatable bonds is 5. The lowest BCUT2D eigenvalue weighted by atomic mass is 10.1. The van der Waals surface area contributed by atoms with E-state index in [9.17, 15) is 4.79 Å². The summed E-state index contributed by atoms with van der Waals surface area (Å²) >= 11 is 0.